The molecule has 2 aliphatic heterocycles. The topological polar surface area (TPSA) is 36.4 Å². The highest BCUT2D eigenvalue weighted by molar-refractivity contribution is 6.05. The van der Waals surface area contributed by atoms with Crippen LogP contribution in [0.25, 0.3) is 0 Å². The number of benzene rings is 1. The molecule has 2 aliphatic rings. The lowest BCUT2D eigenvalue weighted by Crippen LogP contribution is -2.36. The van der Waals surface area contributed by atoms with Crippen molar-refractivity contribution in [1.82, 2.24) is 4.98 Å². The van der Waals surface area contributed by atoms with Crippen molar-refractivity contribution in [3.05, 3.63) is 53.9 Å². The van der Waals surface area contributed by atoms with Gasteiger partial charge in [-0.3, -0.25) is 4.79 Å². The molecule has 0 atom stereocenters. The summed E-state index contributed by atoms with van der Waals surface area (Å²) in [6, 6.07) is 12.1. The van der Waals surface area contributed by atoms with Gasteiger partial charge in [-0.1, -0.05) is 18.2 Å². The van der Waals surface area contributed by atoms with E-state index in [2.05, 4.69) is 16.0 Å². The monoisotopic (exact) mass is 307 g/mol. The average molecular weight is 307 g/mol. The van der Waals surface area contributed by atoms with E-state index in [9.17, 15) is 4.79 Å². The largest absolute Gasteiger partial charge is 0.370 e. The Kier molecular flexibility index (Phi) is 3.74. The Morgan fingerprint density at radius 2 is 1.78 bits per heavy atom. The van der Waals surface area contributed by atoms with Crippen LogP contribution in [-0.2, 0) is 6.42 Å². The van der Waals surface area contributed by atoms with Crippen LogP contribution >= 0.6 is 0 Å². The molecule has 1 saturated heterocycles. The molecule has 0 saturated carbocycles. The van der Waals surface area contributed by atoms with Crippen LogP contribution in [0.3, 0.4) is 0 Å². The van der Waals surface area contributed by atoms with Crippen molar-refractivity contribution in [2.45, 2.75) is 25.7 Å². The third-order valence-corrected chi connectivity index (χ3v) is 4.79. The highest BCUT2D eigenvalue weighted by Crippen LogP contribution is 2.28. The molecule has 23 heavy (non-hydrogen) atoms. The SMILES string of the molecule is O=C(c1ccc(N2CCCC2)cn1)N1CCCc2ccccc21. The maximum atomic E-state index is 12.8. The number of hydrogen-bond donors (Lipinski definition) is 0. The molecule has 4 heteroatoms. The minimum absolute atomic E-state index is 0.00474. The fourth-order valence-corrected chi connectivity index (χ4v) is 3.56. The molecule has 1 fully saturated rings. The van der Waals surface area contributed by atoms with Crippen molar-refractivity contribution in [1.29, 1.82) is 0 Å². The van der Waals surface area contributed by atoms with Gasteiger partial charge in [0.2, 0.25) is 0 Å². The second-order valence-electron chi connectivity index (χ2n) is 6.28. The number of aryl methyl sites for hydroxylation is 1. The summed E-state index contributed by atoms with van der Waals surface area (Å²) in [6.07, 6.45) is 6.38. The summed E-state index contributed by atoms with van der Waals surface area (Å²) in [5.74, 6) is 0.00474. The number of para-hydroxylation sites is 1. The third-order valence-electron chi connectivity index (χ3n) is 4.79. The molecule has 118 valence electrons. The number of carbonyl (C=O) groups excluding carboxylic acids is 1. The number of rotatable bonds is 2. The molecule has 1 amide bonds. The Morgan fingerprint density at radius 3 is 2.57 bits per heavy atom. The van der Waals surface area contributed by atoms with Crippen LogP contribution in [0.4, 0.5) is 11.4 Å². The van der Waals surface area contributed by atoms with E-state index < -0.39 is 0 Å². The number of carbonyl (C=O) groups is 1. The van der Waals surface area contributed by atoms with Gasteiger partial charge in [0.25, 0.3) is 5.91 Å². The van der Waals surface area contributed by atoms with Gasteiger partial charge in [-0.25, -0.2) is 4.98 Å². The smallest absolute Gasteiger partial charge is 0.276 e. The van der Waals surface area contributed by atoms with Crippen molar-refractivity contribution in [3.8, 4) is 0 Å². The Hall–Kier alpha value is -2.36. The molecular formula is C19H21N3O. The zero-order chi connectivity index (χ0) is 15.6. The van der Waals surface area contributed by atoms with Gasteiger partial charge in [-0.2, -0.15) is 0 Å². The molecule has 1 aromatic carbocycles. The fraction of sp³-hybridized carbons (Fsp3) is 0.368. The summed E-state index contributed by atoms with van der Waals surface area (Å²) in [6.45, 7) is 2.95. The maximum Gasteiger partial charge on any atom is 0.276 e. The van der Waals surface area contributed by atoms with Crippen LogP contribution < -0.4 is 9.80 Å². The van der Waals surface area contributed by atoms with Gasteiger partial charge in [-0.15, -0.1) is 0 Å². The summed E-state index contributed by atoms with van der Waals surface area (Å²) in [7, 11) is 0. The third kappa shape index (κ3) is 2.69. The van der Waals surface area contributed by atoms with Crippen molar-refractivity contribution in [2.24, 2.45) is 0 Å². The first-order chi connectivity index (χ1) is 11.3. The molecular weight excluding hydrogens is 286 g/mol. The number of anilines is 2. The van der Waals surface area contributed by atoms with Gasteiger partial charge >= 0.3 is 0 Å². The van der Waals surface area contributed by atoms with Gasteiger partial charge in [0.05, 0.1) is 11.9 Å². The highest BCUT2D eigenvalue weighted by atomic mass is 16.2. The van der Waals surface area contributed by atoms with Crippen LogP contribution in [0.5, 0.6) is 0 Å². The Morgan fingerprint density at radius 1 is 0.957 bits per heavy atom. The molecule has 0 aliphatic carbocycles. The number of fused-ring (bicyclic) bond motifs is 1. The minimum atomic E-state index is 0.00474. The van der Waals surface area contributed by atoms with Crippen molar-refractivity contribution < 1.29 is 4.79 Å². The lowest BCUT2D eigenvalue weighted by Gasteiger charge is -2.29. The molecule has 2 aromatic rings. The van der Waals surface area contributed by atoms with E-state index in [1.54, 1.807) is 0 Å². The van der Waals surface area contributed by atoms with Crippen LogP contribution in [0.15, 0.2) is 42.6 Å². The van der Waals surface area contributed by atoms with Crippen molar-refractivity contribution in [2.75, 3.05) is 29.4 Å². The lowest BCUT2D eigenvalue weighted by molar-refractivity contribution is 0.0980. The van der Waals surface area contributed by atoms with Crippen molar-refractivity contribution in [3.63, 3.8) is 0 Å². The molecule has 0 unspecified atom stereocenters. The summed E-state index contributed by atoms with van der Waals surface area (Å²) >= 11 is 0. The second-order valence-corrected chi connectivity index (χ2v) is 6.28. The average Bonchev–Trinajstić information content (AvgIpc) is 3.15. The molecule has 0 bridgehead atoms. The minimum Gasteiger partial charge on any atom is -0.370 e. The second kappa shape index (κ2) is 6.03. The van der Waals surface area contributed by atoms with E-state index in [0.717, 1.165) is 43.9 Å². The van der Waals surface area contributed by atoms with Gasteiger partial charge in [-0.05, 0) is 49.4 Å². The molecule has 0 spiro atoms. The van der Waals surface area contributed by atoms with E-state index in [0.29, 0.717) is 5.69 Å². The summed E-state index contributed by atoms with van der Waals surface area (Å²) < 4.78 is 0. The lowest BCUT2D eigenvalue weighted by atomic mass is 10.0. The quantitative estimate of drug-likeness (QED) is 0.854. The number of pyridine rings is 1. The number of hydrogen-bond acceptors (Lipinski definition) is 3. The maximum absolute atomic E-state index is 12.8. The van der Waals surface area contributed by atoms with Crippen molar-refractivity contribution >= 4 is 17.3 Å². The van der Waals surface area contributed by atoms with Crippen LogP contribution in [-0.4, -0.2) is 30.5 Å². The first-order valence-electron chi connectivity index (χ1n) is 8.44. The number of nitrogens with zero attached hydrogens (tertiary/aromatic N) is 3. The van der Waals surface area contributed by atoms with E-state index in [1.165, 1.54) is 18.4 Å². The van der Waals surface area contributed by atoms with E-state index >= 15 is 0 Å². The molecule has 1 aromatic heterocycles. The van der Waals surface area contributed by atoms with Crippen LogP contribution in [0.2, 0.25) is 0 Å². The van der Waals surface area contributed by atoms with Gasteiger partial charge in [0, 0.05) is 25.3 Å². The molecule has 3 heterocycles. The van der Waals surface area contributed by atoms with E-state index in [4.69, 9.17) is 0 Å². The van der Waals surface area contributed by atoms with E-state index in [-0.39, 0.29) is 5.91 Å². The highest BCUT2D eigenvalue weighted by Gasteiger charge is 2.24. The van der Waals surface area contributed by atoms with Gasteiger partial charge in [0.15, 0.2) is 0 Å². The Bertz CT molecular complexity index is 705. The Balaban J connectivity index is 1.57. The summed E-state index contributed by atoms with van der Waals surface area (Å²) in [4.78, 5) is 21.5. The molecule has 4 nitrogen and oxygen atoms in total. The first-order valence-corrected chi connectivity index (χ1v) is 8.44. The normalized spacial score (nSPS) is 17.2. The zero-order valence-corrected chi connectivity index (χ0v) is 13.2. The summed E-state index contributed by atoms with van der Waals surface area (Å²) in [5, 5.41) is 0. The summed E-state index contributed by atoms with van der Waals surface area (Å²) in [5.41, 5.74) is 3.94. The Labute approximate surface area is 136 Å². The van der Waals surface area contributed by atoms with Crippen LogP contribution in [0.1, 0.15) is 35.3 Å². The predicted octanol–water partition coefficient (Wildman–Crippen LogP) is 3.27. The number of amides is 1. The predicted molar refractivity (Wildman–Crippen MR) is 92.1 cm³/mol. The molecule has 4 rings (SSSR count). The van der Waals surface area contributed by atoms with Gasteiger partial charge < -0.3 is 9.80 Å². The molecule has 0 N–H and O–H groups in total. The van der Waals surface area contributed by atoms with Gasteiger partial charge in [0.1, 0.15) is 5.69 Å². The standard InChI is InChI=1S/C19H21N3O/c23-19(22-13-5-7-15-6-1-2-8-18(15)22)17-10-9-16(14-20-17)21-11-3-4-12-21/h1-2,6,8-10,14H,3-5,7,11-13H2. The fourth-order valence-electron chi connectivity index (χ4n) is 3.56. The molecule has 0 radical (unpaired) electrons. The first kappa shape index (κ1) is 14.2. The van der Waals surface area contributed by atoms with Crippen LogP contribution in [0, 0.1) is 0 Å². The number of aromatic nitrogens is 1. The zero-order valence-electron chi connectivity index (χ0n) is 13.2. The van der Waals surface area contributed by atoms with E-state index in [1.807, 2.05) is 41.4 Å².